The molecule has 2 aliphatic rings. The van der Waals surface area contributed by atoms with Crippen LogP contribution in [0.5, 0.6) is 5.75 Å². The maximum atomic E-state index is 12.7. The summed E-state index contributed by atoms with van der Waals surface area (Å²) < 4.78 is 38.1. The maximum Gasteiger partial charge on any atom is 0.281 e. The molecule has 0 saturated carbocycles. The molecule has 9 heteroatoms. The average Bonchev–Trinajstić information content (AvgIpc) is 3.20. The first-order chi connectivity index (χ1) is 12.9. The van der Waals surface area contributed by atoms with Crippen molar-refractivity contribution in [2.75, 3.05) is 53.5 Å². The van der Waals surface area contributed by atoms with Crippen molar-refractivity contribution in [1.82, 2.24) is 13.5 Å². The van der Waals surface area contributed by atoms with Gasteiger partial charge in [0.25, 0.3) is 16.1 Å². The van der Waals surface area contributed by atoms with E-state index in [2.05, 4.69) is 0 Å². The number of carbonyl (C=O) groups excluding carboxylic acids is 1. The number of rotatable bonds is 6. The molecule has 1 atom stereocenters. The number of nitrogens with zero attached hydrogens (tertiary/aromatic N) is 3. The molecule has 0 spiro atoms. The molecule has 2 aliphatic heterocycles. The molecular weight excluding hydrogens is 370 g/mol. The predicted octanol–water partition coefficient (Wildman–Crippen LogP) is 0.809. The van der Waals surface area contributed by atoms with Gasteiger partial charge in [0.1, 0.15) is 12.4 Å². The van der Waals surface area contributed by atoms with E-state index in [9.17, 15) is 13.2 Å². The van der Waals surface area contributed by atoms with Crippen LogP contribution in [-0.4, -0.2) is 87.4 Å². The first kappa shape index (κ1) is 20.1. The third-order valence-corrected chi connectivity index (χ3v) is 6.82. The Morgan fingerprint density at radius 3 is 2.41 bits per heavy atom. The van der Waals surface area contributed by atoms with E-state index in [-0.39, 0.29) is 12.0 Å². The molecule has 1 amide bonds. The first-order valence-corrected chi connectivity index (χ1v) is 10.6. The van der Waals surface area contributed by atoms with Crippen molar-refractivity contribution in [2.24, 2.45) is 0 Å². The van der Waals surface area contributed by atoms with Crippen molar-refractivity contribution in [3.8, 4) is 5.75 Å². The van der Waals surface area contributed by atoms with Crippen LogP contribution >= 0.6 is 0 Å². The van der Waals surface area contributed by atoms with Crippen LogP contribution in [0.2, 0.25) is 0 Å². The van der Waals surface area contributed by atoms with Crippen molar-refractivity contribution in [1.29, 1.82) is 0 Å². The van der Waals surface area contributed by atoms with E-state index in [0.29, 0.717) is 44.1 Å². The Kier molecular flexibility index (Phi) is 6.36. The number of carbonyl (C=O) groups is 1. The van der Waals surface area contributed by atoms with E-state index >= 15 is 0 Å². The minimum absolute atomic E-state index is 0.0948. The lowest BCUT2D eigenvalue weighted by Gasteiger charge is -2.35. The summed E-state index contributed by atoms with van der Waals surface area (Å²) >= 11 is 0. The summed E-state index contributed by atoms with van der Waals surface area (Å²) in [6, 6.07) is 7.07. The smallest absolute Gasteiger partial charge is 0.281 e. The van der Waals surface area contributed by atoms with Gasteiger partial charge in [0.15, 0.2) is 0 Å². The highest BCUT2D eigenvalue weighted by atomic mass is 32.2. The van der Waals surface area contributed by atoms with Gasteiger partial charge >= 0.3 is 0 Å². The Morgan fingerprint density at radius 2 is 1.85 bits per heavy atom. The van der Waals surface area contributed by atoms with Crippen LogP contribution in [0.25, 0.3) is 0 Å². The van der Waals surface area contributed by atoms with Crippen molar-refractivity contribution in [3.63, 3.8) is 0 Å². The van der Waals surface area contributed by atoms with Crippen molar-refractivity contribution < 1.29 is 22.7 Å². The third-order valence-electron chi connectivity index (χ3n) is 4.87. The molecule has 0 bridgehead atoms. The number of hydrogen-bond donors (Lipinski definition) is 0. The molecule has 0 N–H and O–H groups in total. The monoisotopic (exact) mass is 397 g/mol. The fourth-order valence-electron chi connectivity index (χ4n) is 3.19. The van der Waals surface area contributed by atoms with E-state index in [1.807, 2.05) is 0 Å². The molecule has 8 nitrogen and oxygen atoms in total. The van der Waals surface area contributed by atoms with Gasteiger partial charge in [0, 0.05) is 52.4 Å². The van der Waals surface area contributed by atoms with Crippen LogP contribution in [0.15, 0.2) is 24.3 Å². The Balaban J connectivity index is 1.52. The predicted molar refractivity (Wildman–Crippen MR) is 101 cm³/mol. The summed E-state index contributed by atoms with van der Waals surface area (Å²) in [5.74, 6) is 0.617. The lowest BCUT2D eigenvalue weighted by atomic mass is 10.2. The molecular formula is C18H27N3O5S. The maximum absolute atomic E-state index is 12.7. The normalized spacial score (nSPS) is 21.6. The molecule has 27 heavy (non-hydrogen) atoms. The summed E-state index contributed by atoms with van der Waals surface area (Å²) in [6.45, 7) is 2.68. The van der Waals surface area contributed by atoms with Gasteiger partial charge in [-0.25, -0.2) is 0 Å². The highest BCUT2D eigenvalue weighted by Gasteiger charge is 2.30. The zero-order valence-corrected chi connectivity index (χ0v) is 16.7. The van der Waals surface area contributed by atoms with Crippen molar-refractivity contribution in [2.45, 2.75) is 18.9 Å². The summed E-state index contributed by atoms with van der Waals surface area (Å²) in [7, 11) is -0.412. The SMILES string of the molecule is CN(C)S(=O)(=O)N1CCN(C(=O)c2ccc(OC[C@@H]3CCCO3)cc2)CC1. The van der Waals surface area contributed by atoms with E-state index in [0.717, 1.165) is 19.4 Å². The molecule has 0 aromatic heterocycles. The molecule has 2 fully saturated rings. The van der Waals surface area contributed by atoms with E-state index in [4.69, 9.17) is 9.47 Å². The van der Waals surface area contributed by atoms with Gasteiger partial charge in [-0.15, -0.1) is 0 Å². The number of hydrogen-bond acceptors (Lipinski definition) is 5. The molecule has 2 saturated heterocycles. The van der Waals surface area contributed by atoms with Gasteiger partial charge in [0.2, 0.25) is 0 Å². The van der Waals surface area contributed by atoms with Gasteiger partial charge in [-0.3, -0.25) is 4.79 Å². The highest BCUT2D eigenvalue weighted by molar-refractivity contribution is 7.86. The molecule has 0 aliphatic carbocycles. The number of benzene rings is 1. The minimum Gasteiger partial charge on any atom is -0.491 e. The largest absolute Gasteiger partial charge is 0.491 e. The second-order valence-electron chi connectivity index (χ2n) is 6.95. The molecule has 150 valence electrons. The van der Waals surface area contributed by atoms with Gasteiger partial charge in [-0.2, -0.15) is 17.0 Å². The second-order valence-corrected chi connectivity index (χ2v) is 9.09. The highest BCUT2D eigenvalue weighted by Crippen LogP contribution is 2.18. The quantitative estimate of drug-likeness (QED) is 0.710. The zero-order chi connectivity index (χ0) is 19.4. The lowest BCUT2D eigenvalue weighted by molar-refractivity contribution is 0.0675. The Labute approximate surface area is 160 Å². The van der Waals surface area contributed by atoms with Gasteiger partial charge in [-0.1, -0.05) is 0 Å². The topological polar surface area (TPSA) is 79.4 Å². The molecule has 0 radical (unpaired) electrons. The number of piperazine rings is 1. The fraction of sp³-hybridized carbons (Fsp3) is 0.611. The van der Waals surface area contributed by atoms with E-state index < -0.39 is 10.2 Å². The zero-order valence-electron chi connectivity index (χ0n) is 15.8. The molecule has 3 rings (SSSR count). The van der Waals surface area contributed by atoms with Crippen LogP contribution in [0.3, 0.4) is 0 Å². The number of amides is 1. The summed E-state index contributed by atoms with van der Waals surface area (Å²) in [6.07, 6.45) is 2.25. The third kappa shape index (κ3) is 4.78. The van der Waals surface area contributed by atoms with Gasteiger partial charge in [-0.05, 0) is 37.1 Å². The Hall–Kier alpha value is -1.68. The summed E-state index contributed by atoms with van der Waals surface area (Å²) in [5, 5.41) is 0. The first-order valence-electron chi connectivity index (χ1n) is 9.19. The standard InChI is InChI=1S/C18H27N3O5S/c1-19(2)27(23,24)21-11-9-20(10-12-21)18(22)15-5-7-16(8-6-15)26-14-17-4-3-13-25-17/h5-8,17H,3-4,9-14H2,1-2H3/t17-/m0/s1. The fourth-order valence-corrected chi connectivity index (χ4v) is 4.28. The lowest BCUT2D eigenvalue weighted by Crippen LogP contribution is -2.53. The molecule has 0 unspecified atom stereocenters. The van der Waals surface area contributed by atoms with Crippen LogP contribution in [-0.2, 0) is 14.9 Å². The average molecular weight is 397 g/mol. The second kappa shape index (κ2) is 8.55. The van der Waals surface area contributed by atoms with Gasteiger partial charge < -0.3 is 14.4 Å². The van der Waals surface area contributed by atoms with Crippen LogP contribution in [0.4, 0.5) is 0 Å². The van der Waals surface area contributed by atoms with Crippen molar-refractivity contribution >= 4 is 16.1 Å². The van der Waals surface area contributed by atoms with E-state index in [1.54, 1.807) is 29.2 Å². The Bertz CT molecular complexity index is 737. The van der Waals surface area contributed by atoms with Crippen LogP contribution < -0.4 is 4.74 Å². The van der Waals surface area contributed by atoms with Gasteiger partial charge in [0.05, 0.1) is 6.10 Å². The molecule has 1 aromatic carbocycles. The number of ether oxygens (including phenoxy) is 2. The minimum atomic E-state index is -3.43. The summed E-state index contributed by atoms with van der Waals surface area (Å²) in [5.41, 5.74) is 0.573. The van der Waals surface area contributed by atoms with Crippen molar-refractivity contribution in [3.05, 3.63) is 29.8 Å². The van der Waals surface area contributed by atoms with Crippen LogP contribution in [0.1, 0.15) is 23.2 Å². The molecule has 2 heterocycles. The van der Waals surface area contributed by atoms with Crippen LogP contribution in [0, 0.1) is 0 Å². The Morgan fingerprint density at radius 1 is 1.19 bits per heavy atom. The molecule has 1 aromatic rings. The van der Waals surface area contributed by atoms with E-state index in [1.165, 1.54) is 22.7 Å². The summed E-state index contributed by atoms with van der Waals surface area (Å²) in [4.78, 5) is 14.3.